The lowest BCUT2D eigenvalue weighted by atomic mass is 10.2. The Labute approximate surface area is 182 Å². The first kappa shape index (κ1) is 19.0. The Kier molecular flexibility index (Phi) is 5.29. The van der Waals surface area contributed by atoms with Crippen LogP contribution in [0.15, 0.2) is 98.3 Å². The zero-order valence-electron chi connectivity index (χ0n) is 15.9. The normalized spacial score (nSPS) is 12.3. The number of fused-ring (bicyclic) bond motifs is 2. The minimum atomic E-state index is -0.0250. The lowest BCUT2D eigenvalue weighted by molar-refractivity contribution is -0.115. The summed E-state index contributed by atoms with van der Waals surface area (Å²) in [5.41, 5.74) is 2.91. The summed E-state index contributed by atoms with van der Waals surface area (Å²) in [4.78, 5) is 17.1. The Bertz CT molecular complexity index is 1150. The van der Waals surface area contributed by atoms with Crippen molar-refractivity contribution in [3.63, 3.8) is 0 Å². The van der Waals surface area contributed by atoms with E-state index >= 15 is 0 Å². The zero-order valence-corrected chi connectivity index (χ0v) is 17.5. The molecule has 5 nitrogen and oxygen atoms in total. The number of carbonyl (C=O) groups excluding carboxylic acids is 1. The summed E-state index contributed by atoms with van der Waals surface area (Å²) in [7, 11) is 0. The molecule has 1 aliphatic rings. The number of nitrogens with zero attached hydrogens (tertiary/aromatic N) is 3. The van der Waals surface area contributed by atoms with E-state index in [1.54, 1.807) is 16.7 Å². The van der Waals surface area contributed by atoms with Crippen LogP contribution in [0, 0.1) is 0 Å². The molecule has 0 aliphatic carbocycles. The van der Waals surface area contributed by atoms with Gasteiger partial charge in [-0.25, -0.2) is 0 Å². The quantitative estimate of drug-likeness (QED) is 0.384. The monoisotopic (exact) mass is 431 g/mol. The van der Waals surface area contributed by atoms with Gasteiger partial charge in [0.1, 0.15) is 0 Å². The third-order valence-corrected chi connectivity index (χ3v) is 6.58. The van der Waals surface area contributed by atoms with Gasteiger partial charge in [0.25, 0.3) is 5.22 Å². The van der Waals surface area contributed by atoms with Crippen molar-refractivity contribution in [3.8, 4) is 0 Å². The molecular formula is C23H17N3O2S2. The average molecular weight is 432 g/mol. The highest BCUT2D eigenvalue weighted by Gasteiger charge is 2.28. The lowest BCUT2D eigenvalue weighted by Crippen LogP contribution is -2.29. The van der Waals surface area contributed by atoms with E-state index in [0.717, 1.165) is 26.7 Å². The van der Waals surface area contributed by atoms with Gasteiger partial charge in [-0.05, 0) is 29.8 Å². The number of aromatic nitrogens is 2. The third kappa shape index (κ3) is 3.86. The number of hydrogen-bond donors (Lipinski definition) is 0. The average Bonchev–Trinajstić information content (AvgIpc) is 3.23. The highest BCUT2D eigenvalue weighted by atomic mass is 32.2. The van der Waals surface area contributed by atoms with Crippen LogP contribution >= 0.6 is 23.5 Å². The van der Waals surface area contributed by atoms with Crippen molar-refractivity contribution < 1.29 is 9.21 Å². The maximum absolute atomic E-state index is 13.2. The van der Waals surface area contributed by atoms with E-state index in [0.29, 0.717) is 17.5 Å². The minimum Gasteiger partial charge on any atom is -0.416 e. The Morgan fingerprint density at radius 2 is 1.50 bits per heavy atom. The van der Waals surface area contributed by atoms with Gasteiger partial charge < -0.3 is 4.42 Å². The molecule has 148 valence electrons. The van der Waals surface area contributed by atoms with Crippen LogP contribution in [0.1, 0.15) is 11.5 Å². The molecule has 0 unspecified atom stereocenters. The molecule has 1 amide bonds. The van der Waals surface area contributed by atoms with E-state index in [1.165, 1.54) is 11.8 Å². The van der Waals surface area contributed by atoms with Crippen molar-refractivity contribution in [2.45, 2.75) is 21.4 Å². The highest BCUT2D eigenvalue weighted by molar-refractivity contribution is 8.00. The Balaban J connectivity index is 1.32. The third-order valence-electron chi connectivity index (χ3n) is 4.65. The summed E-state index contributed by atoms with van der Waals surface area (Å²) in [6.07, 6.45) is 0.576. The maximum Gasteiger partial charge on any atom is 0.277 e. The van der Waals surface area contributed by atoms with Crippen molar-refractivity contribution >= 4 is 40.8 Å². The van der Waals surface area contributed by atoms with Gasteiger partial charge in [0.2, 0.25) is 11.8 Å². The van der Waals surface area contributed by atoms with Crippen LogP contribution in [0.3, 0.4) is 0 Å². The first-order chi connectivity index (χ1) is 14.8. The smallest absolute Gasteiger partial charge is 0.277 e. The molecule has 5 rings (SSSR count). The van der Waals surface area contributed by atoms with Gasteiger partial charge in [0.15, 0.2) is 0 Å². The van der Waals surface area contributed by atoms with E-state index in [1.807, 2.05) is 78.9 Å². The lowest BCUT2D eigenvalue weighted by Gasteiger charge is -2.30. The molecule has 0 fully saturated rings. The van der Waals surface area contributed by atoms with Gasteiger partial charge in [0, 0.05) is 9.79 Å². The van der Waals surface area contributed by atoms with Crippen molar-refractivity contribution in [2.24, 2.45) is 0 Å². The molecule has 1 aliphatic heterocycles. The van der Waals surface area contributed by atoms with Gasteiger partial charge >= 0.3 is 0 Å². The molecule has 0 N–H and O–H groups in total. The standard InChI is InChI=1S/C23H17N3O2S2/c27-22(15-29-23-25-24-21(28-23)14-16-8-2-1-3-9-16)26-17-10-4-6-12-19(17)30-20-13-7-5-11-18(20)26/h1-13H,14-15H2. The molecule has 0 saturated heterocycles. The summed E-state index contributed by atoms with van der Waals surface area (Å²) >= 11 is 2.95. The van der Waals surface area contributed by atoms with Crippen LogP contribution in [0.5, 0.6) is 0 Å². The van der Waals surface area contributed by atoms with E-state index in [9.17, 15) is 4.79 Å². The number of benzene rings is 3. The summed E-state index contributed by atoms with van der Waals surface area (Å²) in [5.74, 6) is 0.726. The summed E-state index contributed by atoms with van der Waals surface area (Å²) in [5, 5.41) is 8.60. The predicted molar refractivity (Wildman–Crippen MR) is 118 cm³/mol. The van der Waals surface area contributed by atoms with Crippen LogP contribution in [-0.4, -0.2) is 21.9 Å². The van der Waals surface area contributed by atoms with Crippen molar-refractivity contribution in [1.29, 1.82) is 0 Å². The first-order valence-corrected chi connectivity index (χ1v) is 11.3. The fourth-order valence-corrected chi connectivity index (χ4v) is 4.99. The van der Waals surface area contributed by atoms with Crippen LogP contribution in [0.2, 0.25) is 0 Å². The highest BCUT2D eigenvalue weighted by Crippen LogP contribution is 2.48. The van der Waals surface area contributed by atoms with Crippen LogP contribution in [-0.2, 0) is 11.2 Å². The van der Waals surface area contributed by atoms with Gasteiger partial charge in [0.05, 0.1) is 23.5 Å². The molecule has 0 spiro atoms. The largest absolute Gasteiger partial charge is 0.416 e. The number of para-hydroxylation sites is 2. The number of carbonyl (C=O) groups is 1. The van der Waals surface area contributed by atoms with E-state index in [-0.39, 0.29) is 11.7 Å². The zero-order chi connectivity index (χ0) is 20.3. The molecular weight excluding hydrogens is 414 g/mol. The Morgan fingerprint density at radius 3 is 2.20 bits per heavy atom. The van der Waals surface area contributed by atoms with Crippen LogP contribution in [0.25, 0.3) is 0 Å². The van der Waals surface area contributed by atoms with Crippen LogP contribution < -0.4 is 4.90 Å². The summed E-state index contributed by atoms with van der Waals surface area (Å²) < 4.78 is 5.73. The second-order valence-corrected chi connectivity index (χ2v) is 8.69. The molecule has 7 heteroatoms. The van der Waals surface area contributed by atoms with Gasteiger partial charge in [-0.15, -0.1) is 10.2 Å². The number of thioether (sulfide) groups is 1. The van der Waals surface area contributed by atoms with Crippen molar-refractivity contribution in [1.82, 2.24) is 10.2 Å². The number of hydrogen-bond acceptors (Lipinski definition) is 6. The SMILES string of the molecule is O=C(CSc1nnc(Cc2ccccc2)o1)N1c2ccccc2Sc2ccccc21. The summed E-state index contributed by atoms with van der Waals surface area (Å²) in [6.45, 7) is 0. The fourth-order valence-electron chi connectivity index (χ4n) is 3.30. The maximum atomic E-state index is 13.2. The molecule has 4 aromatic rings. The summed E-state index contributed by atoms with van der Waals surface area (Å²) in [6, 6.07) is 25.9. The fraction of sp³-hybridized carbons (Fsp3) is 0.0870. The van der Waals surface area contributed by atoms with E-state index in [4.69, 9.17) is 4.42 Å². The molecule has 1 aromatic heterocycles. The minimum absolute atomic E-state index is 0.0250. The van der Waals surface area contributed by atoms with Gasteiger partial charge in [-0.1, -0.05) is 78.1 Å². The van der Waals surface area contributed by atoms with Gasteiger partial charge in [-0.2, -0.15) is 0 Å². The molecule has 0 bridgehead atoms. The van der Waals surface area contributed by atoms with E-state index < -0.39 is 0 Å². The van der Waals surface area contributed by atoms with Crippen LogP contribution in [0.4, 0.5) is 11.4 Å². The Morgan fingerprint density at radius 1 is 0.867 bits per heavy atom. The predicted octanol–water partition coefficient (Wildman–Crippen LogP) is 5.58. The second-order valence-electron chi connectivity index (χ2n) is 6.68. The molecule has 0 radical (unpaired) electrons. The van der Waals surface area contributed by atoms with Crippen molar-refractivity contribution in [2.75, 3.05) is 10.7 Å². The number of anilines is 2. The van der Waals surface area contributed by atoms with Gasteiger partial charge in [-0.3, -0.25) is 9.69 Å². The topological polar surface area (TPSA) is 59.2 Å². The number of amides is 1. The first-order valence-electron chi connectivity index (χ1n) is 9.46. The number of rotatable bonds is 5. The molecule has 2 heterocycles. The molecule has 0 saturated carbocycles. The molecule has 0 atom stereocenters. The van der Waals surface area contributed by atoms with Crippen molar-refractivity contribution in [3.05, 3.63) is 90.3 Å². The second kappa shape index (κ2) is 8.38. The van der Waals surface area contributed by atoms with E-state index in [2.05, 4.69) is 10.2 Å². The molecule has 3 aromatic carbocycles. The molecule has 30 heavy (non-hydrogen) atoms. The Hall–Kier alpha value is -3.03.